The Bertz CT molecular complexity index is 992. The van der Waals surface area contributed by atoms with Crippen molar-refractivity contribution in [3.05, 3.63) is 70.2 Å². The molecule has 0 bridgehead atoms. The van der Waals surface area contributed by atoms with Gasteiger partial charge in [0, 0.05) is 16.1 Å². The second-order valence-corrected chi connectivity index (χ2v) is 6.50. The molecule has 0 spiro atoms. The smallest absolute Gasteiger partial charge is 0.258 e. The molecule has 3 rings (SSSR count). The number of benzene rings is 3. The number of thiocarbonyl (C=S) groups is 1. The van der Waals surface area contributed by atoms with Crippen molar-refractivity contribution in [2.24, 2.45) is 0 Å². The predicted molar refractivity (Wildman–Crippen MR) is 106 cm³/mol. The number of hydrogen-bond acceptors (Lipinski definition) is 3. The predicted octanol–water partition coefficient (Wildman–Crippen LogP) is 4.98. The molecule has 0 heterocycles. The zero-order valence-electron chi connectivity index (χ0n) is 12.7. The molecule has 0 unspecified atom stereocenters. The Kier molecular flexibility index (Phi) is 5.08. The highest BCUT2D eigenvalue weighted by Crippen LogP contribution is 2.26. The SMILES string of the molecule is O=C(NC(=S)Nc1cccc2cc(O)ccc12)c1cc(Cl)ccc1Cl. The number of anilines is 1. The topological polar surface area (TPSA) is 61.4 Å². The summed E-state index contributed by atoms with van der Waals surface area (Å²) < 4.78 is 0. The highest BCUT2D eigenvalue weighted by atomic mass is 35.5. The zero-order valence-corrected chi connectivity index (χ0v) is 15.0. The van der Waals surface area contributed by atoms with E-state index in [0.717, 1.165) is 10.8 Å². The number of carbonyl (C=O) groups is 1. The van der Waals surface area contributed by atoms with Crippen LogP contribution in [-0.2, 0) is 0 Å². The molecule has 3 N–H and O–H groups in total. The molecule has 3 aromatic rings. The Labute approximate surface area is 159 Å². The molecule has 3 aromatic carbocycles. The summed E-state index contributed by atoms with van der Waals surface area (Å²) in [6, 6.07) is 15.1. The van der Waals surface area contributed by atoms with Crippen LogP contribution in [0.15, 0.2) is 54.6 Å². The first-order valence-corrected chi connectivity index (χ1v) is 8.39. The van der Waals surface area contributed by atoms with E-state index in [1.165, 1.54) is 6.07 Å². The minimum atomic E-state index is -0.456. The largest absolute Gasteiger partial charge is 0.508 e. The van der Waals surface area contributed by atoms with Crippen LogP contribution in [0.4, 0.5) is 5.69 Å². The summed E-state index contributed by atoms with van der Waals surface area (Å²) in [5.74, 6) is -0.279. The molecule has 25 heavy (non-hydrogen) atoms. The van der Waals surface area contributed by atoms with E-state index in [9.17, 15) is 9.90 Å². The van der Waals surface area contributed by atoms with Gasteiger partial charge in [0.05, 0.1) is 10.6 Å². The highest BCUT2D eigenvalue weighted by Gasteiger charge is 2.13. The van der Waals surface area contributed by atoms with Gasteiger partial charge in [0.25, 0.3) is 5.91 Å². The lowest BCUT2D eigenvalue weighted by Crippen LogP contribution is -2.34. The van der Waals surface area contributed by atoms with E-state index in [4.69, 9.17) is 35.4 Å². The van der Waals surface area contributed by atoms with Gasteiger partial charge >= 0.3 is 0 Å². The van der Waals surface area contributed by atoms with Gasteiger partial charge in [0.1, 0.15) is 5.75 Å². The monoisotopic (exact) mass is 390 g/mol. The van der Waals surface area contributed by atoms with Crippen molar-refractivity contribution in [2.45, 2.75) is 0 Å². The number of rotatable bonds is 2. The molecular formula is C18H12Cl2N2O2S. The van der Waals surface area contributed by atoms with Crippen molar-refractivity contribution >= 4 is 62.9 Å². The summed E-state index contributed by atoms with van der Waals surface area (Å²) in [5, 5.41) is 17.6. The number of carbonyl (C=O) groups excluding carboxylic acids is 1. The summed E-state index contributed by atoms with van der Waals surface area (Å²) in [6.45, 7) is 0. The average molecular weight is 391 g/mol. The maximum atomic E-state index is 12.3. The van der Waals surface area contributed by atoms with Crippen LogP contribution >= 0.6 is 35.4 Å². The Hall–Kier alpha value is -2.34. The molecule has 0 saturated heterocycles. The van der Waals surface area contributed by atoms with Gasteiger partial charge in [0.15, 0.2) is 5.11 Å². The normalized spacial score (nSPS) is 10.5. The lowest BCUT2D eigenvalue weighted by molar-refractivity contribution is 0.0978. The van der Waals surface area contributed by atoms with Crippen molar-refractivity contribution in [1.82, 2.24) is 5.32 Å². The molecule has 7 heteroatoms. The van der Waals surface area contributed by atoms with E-state index in [2.05, 4.69) is 10.6 Å². The first-order chi connectivity index (χ1) is 11.9. The van der Waals surface area contributed by atoms with Crippen LogP contribution < -0.4 is 10.6 Å². The lowest BCUT2D eigenvalue weighted by Gasteiger charge is -2.12. The van der Waals surface area contributed by atoms with Crippen molar-refractivity contribution in [3.8, 4) is 5.75 Å². The summed E-state index contributed by atoms with van der Waals surface area (Å²) in [4.78, 5) is 12.3. The summed E-state index contributed by atoms with van der Waals surface area (Å²) in [5.41, 5.74) is 0.946. The van der Waals surface area contributed by atoms with Crippen LogP contribution in [0.1, 0.15) is 10.4 Å². The molecule has 0 aliphatic carbocycles. The van der Waals surface area contributed by atoms with E-state index >= 15 is 0 Å². The van der Waals surface area contributed by atoms with Gasteiger partial charge in [-0.25, -0.2) is 0 Å². The second kappa shape index (κ2) is 7.27. The molecular weight excluding hydrogens is 379 g/mol. The Morgan fingerprint density at radius 3 is 2.64 bits per heavy atom. The average Bonchev–Trinajstić information content (AvgIpc) is 2.56. The van der Waals surface area contributed by atoms with Crippen molar-refractivity contribution < 1.29 is 9.90 Å². The van der Waals surface area contributed by atoms with E-state index in [-0.39, 0.29) is 21.4 Å². The zero-order chi connectivity index (χ0) is 18.0. The molecule has 4 nitrogen and oxygen atoms in total. The number of phenols is 1. The van der Waals surface area contributed by atoms with Crippen molar-refractivity contribution in [2.75, 3.05) is 5.32 Å². The first kappa shape index (κ1) is 17.5. The number of nitrogens with one attached hydrogen (secondary N) is 2. The van der Waals surface area contributed by atoms with Crippen LogP contribution in [0.5, 0.6) is 5.75 Å². The first-order valence-electron chi connectivity index (χ1n) is 7.23. The van der Waals surface area contributed by atoms with Crippen LogP contribution in [0.3, 0.4) is 0 Å². The Balaban J connectivity index is 1.79. The van der Waals surface area contributed by atoms with Gasteiger partial charge in [-0.3, -0.25) is 10.1 Å². The third-order valence-electron chi connectivity index (χ3n) is 3.51. The molecule has 0 radical (unpaired) electrons. The summed E-state index contributed by atoms with van der Waals surface area (Å²) in [6.07, 6.45) is 0. The standard InChI is InChI=1S/C18H12Cl2N2O2S/c19-11-4-7-15(20)14(9-11)17(24)22-18(25)21-16-3-1-2-10-8-12(23)5-6-13(10)16/h1-9,23H,(H2,21,22,24,25). The van der Waals surface area contributed by atoms with E-state index in [1.807, 2.05) is 18.2 Å². The number of fused-ring (bicyclic) bond motifs is 1. The molecule has 0 saturated carbocycles. The van der Waals surface area contributed by atoms with Crippen LogP contribution in [0.25, 0.3) is 10.8 Å². The van der Waals surface area contributed by atoms with Gasteiger partial charge in [-0.2, -0.15) is 0 Å². The third-order valence-corrected chi connectivity index (χ3v) is 4.28. The molecule has 0 aromatic heterocycles. The molecule has 0 aliphatic heterocycles. The van der Waals surface area contributed by atoms with Crippen LogP contribution in [0, 0.1) is 0 Å². The minimum absolute atomic E-state index is 0.126. The fraction of sp³-hybridized carbons (Fsp3) is 0. The van der Waals surface area contributed by atoms with Gasteiger partial charge in [0.2, 0.25) is 0 Å². The van der Waals surface area contributed by atoms with Gasteiger partial charge in [-0.1, -0.05) is 35.3 Å². The van der Waals surface area contributed by atoms with Crippen LogP contribution in [-0.4, -0.2) is 16.1 Å². The molecule has 0 atom stereocenters. The number of amides is 1. The fourth-order valence-electron chi connectivity index (χ4n) is 2.38. The second-order valence-electron chi connectivity index (χ2n) is 5.24. The van der Waals surface area contributed by atoms with Gasteiger partial charge < -0.3 is 10.4 Å². The number of hydrogen-bond donors (Lipinski definition) is 3. The van der Waals surface area contributed by atoms with Crippen LogP contribution in [0.2, 0.25) is 10.0 Å². The van der Waals surface area contributed by atoms with Gasteiger partial charge in [-0.05, 0) is 60.1 Å². The minimum Gasteiger partial charge on any atom is -0.508 e. The van der Waals surface area contributed by atoms with Crippen molar-refractivity contribution in [1.29, 1.82) is 0 Å². The Morgan fingerprint density at radius 2 is 1.84 bits per heavy atom. The molecule has 1 amide bonds. The summed E-state index contributed by atoms with van der Waals surface area (Å²) in [7, 11) is 0. The quantitative estimate of drug-likeness (QED) is 0.540. The maximum absolute atomic E-state index is 12.3. The van der Waals surface area contributed by atoms with E-state index in [0.29, 0.717) is 10.7 Å². The van der Waals surface area contributed by atoms with E-state index in [1.54, 1.807) is 30.3 Å². The fourth-order valence-corrected chi connectivity index (χ4v) is 2.95. The molecule has 0 aliphatic rings. The maximum Gasteiger partial charge on any atom is 0.258 e. The highest BCUT2D eigenvalue weighted by molar-refractivity contribution is 7.80. The number of phenolic OH excluding ortho intramolecular Hbond substituents is 1. The number of halogens is 2. The Morgan fingerprint density at radius 1 is 1.04 bits per heavy atom. The molecule has 126 valence electrons. The van der Waals surface area contributed by atoms with Crippen molar-refractivity contribution in [3.63, 3.8) is 0 Å². The number of aromatic hydroxyl groups is 1. The van der Waals surface area contributed by atoms with Gasteiger partial charge in [-0.15, -0.1) is 0 Å². The third kappa shape index (κ3) is 4.02. The van der Waals surface area contributed by atoms with E-state index < -0.39 is 5.91 Å². The lowest BCUT2D eigenvalue weighted by atomic mass is 10.1. The molecule has 0 fully saturated rings. The summed E-state index contributed by atoms with van der Waals surface area (Å²) >= 11 is 17.1.